The van der Waals surface area contributed by atoms with Gasteiger partial charge >= 0.3 is 0 Å². The average Bonchev–Trinajstić information content (AvgIpc) is 3.20. The molecule has 0 unspecified atom stereocenters. The van der Waals surface area contributed by atoms with E-state index in [9.17, 15) is 9.59 Å². The summed E-state index contributed by atoms with van der Waals surface area (Å²) in [4.78, 5) is 28.1. The van der Waals surface area contributed by atoms with Gasteiger partial charge in [0.05, 0.1) is 6.26 Å². The van der Waals surface area contributed by atoms with Crippen molar-refractivity contribution in [3.8, 4) is 5.75 Å². The minimum absolute atomic E-state index is 0.000271. The van der Waals surface area contributed by atoms with Crippen molar-refractivity contribution in [3.05, 3.63) is 54.0 Å². The number of furan rings is 1. The highest BCUT2D eigenvalue weighted by Gasteiger charge is 2.26. The second-order valence-corrected chi connectivity index (χ2v) is 7.72. The molecule has 3 rings (SSSR count). The largest absolute Gasteiger partial charge is 0.484 e. The van der Waals surface area contributed by atoms with E-state index in [-0.39, 0.29) is 23.8 Å². The first-order valence-corrected chi connectivity index (χ1v) is 9.18. The van der Waals surface area contributed by atoms with Gasteiger partial charge in [0.15, 0.2) is 12.4 Å². The molecule has 0 aliphatic carbocycles. The van der Waals surface area contributed by atoms with E-state index in [4.69, 9.17) is 9.15 Å². The molecule has 27 heavy (non-hydrogen) atoms. The van der Waals surface area contributed by atoms with Crippen molar-refractivity contribution < 1.29 is 18.7 Å². The van der Waals surface area contributed by atoms with Crippen LogP contribution < -0.4 is 4.74 Å². The zero-order valence-electron chi connectivity index (χ0n) is 16.1. The maximum absolute atomic E-state index is 12.4. The van der Waals surface area contributed by atoms with E-state index in [0.717, 1.165) is 5.56 Å². The first kappa shape index (κ1) is 19.0. The molecule has 1 fully saturated rings. The topological polar surface area (TPSA) is 63.0 Å². The highest BCUT2D eigenvalue weighted by molar-refractivity contribution is 5.91. The molecular weight excluding hydrogens is 344 g/mol. The number of piperazine rings is 1. The maximum Gasteiger partial charge on any atom is 0.289 e. The summed E-state index contributed by atoms with van der Waals surface area (Å²) in [6.45, 7) is 8.39. The average molecular weight is 370 g/mol. The molecule has 0 atom stereocenters. The molecule has 1 aromatic heterocycles. The van der Waals surface area contributed by atoms with Crippen LogP contribution in [0.4, 0.5) is 0 Å². The third-order valence-corrected chi connectivity index (χ3v) is 4.71. The molecule has 0 spiro atoms. The Hall–Kier alpha value is -2.76. The minimum Gasteiger partial charge on any atom is -0.484 e. The second kappa shape index (κ2) is 7.86. The lowest BCUT2D eigenvalue weighted by atomic mass is 9.87. The Kier molecular flexibility index (Phi) is 5.54. The van der Waals surface area contributed by atoms with Gasteiger partial charge in [0.1, 0.15) is 5.75 Å². The zero-order valence-corrected chi connectivity index (χ0v) is 16.1. The number of carbonyl (C=O) groups excluding carboxylic acids is 2. The molecule has 6 heteroatoms. The van der Waals surface area contributed by atoms with Crippen LogP contribution in [0.3, 0.4) is 0 Å². The number of hydrogen-bond donors (Lipinski definition) is 0. The molecule has 0 bridgehead atoms. The first-order valence-electron chi connectivity index (χ1n) is 9.18. The fourth-order valence-corrected chi connectivity index (χ4v) is 3.00. The fourth-order valence-electron chi connectivity index (χ4n) is 3.00. The van der Waals surface area contributed by atoms with Gasteiger partial charge in [-0.3, -0.25) is 9.59 Å². The molecule has 0 N–H and O–H groups in total. The van der Waals surface area contributed by atoms with E-state index in [1.807, 2.05) is 18.2 Å². The van der Waals surface area contributed by atoms with Crippen molar-refractivity contribution in [2.75, 3.05) is 32.8 Å². The second-order valence-electron chi connectivity index (χ2n) is 7.72. The molecule has 0 radical (unpaired) electrons. The van der Waals surface area contributed by atoms with Crippen molar-refractivity contribution >= 4 is 11.8 Å². The van der Waals surface area contributed by atoms with Crippen LogP contribution in [0.25, 0.3) is 0 Å². The number of rotatable bonds is 4. The number of amides is 2. The Morgan fingerprint density at radius 1 is 1.04 bits per heavy atom. The summed E-state index contributed by atoms with van der Waals surface area (Å²) in [7, 11) is 0. The molecule has 0 saturated carbocycles. The Labute approximate surface area is 159 Å². The van der Waals surface area contributed by atoms with E-state index in [2.05, 4.69) is 26.8 Å². The van der Waals surface area contributed by atoms with E-state index >= 15 is 0 Å². The lowest BCUT2D eigenvalue weighted by Crippen LogP contribution is -2.51. The molecular formula is C21H26N2O4. The van der Waals surface area contributed by atoms with Gasteiger partial charge in [-0.15, -0.1) is 0 Å². The summed E-state index contributed by atoms with van der Waals surface area (Å²) in [5, 5.41) is 0. The van der Waals surface area contributed by atoms with Gasteiger partial charge in [0.2, 0.25) is 0 Å². The molecule has 1 aliphatic heterocycles. The lowest BCUT2D eigenvalue weighted by molar-refractivity contribution is -0.134. The van der Waals surface area contributed by atoms with Gasteiger partial charge < -0.3 is 19.0 Å². The maximum atomic E-state index is 12.4. The van der Waals surface area contributed by atoms with Crippen LogP contribution in [0.15, 0.2) is 47.1 Å². The van der Waals surface area contributed by atoms with E-state index in [1.54, 1.807) is 21.9 Å². The summed E-state index contributed by atoms with van der Waals surface area (Å²) in [5.41, 5.74) is 1.19. The Bertz CT molecular complexity index is 785. The molecule has 1 aliphatic rings. The number of carbonyl (C=O) groups is 2. The van der Waals surface area contributed by atoms with Crippen molar-refractivity contribution in [1.29, 1.82) is 0 Å². The number of nitrogens with zero attached hydrogens (tertiary/aromatic N) is 2. The zero-order chi connectivity index (χ0) is 19.4. The Morgan fingerprint density at radius 2 is 1.74 bits per heavy atom. The Morgan fingerprint density at radius 3 is 2.37 bits per heavy atom. The molecule has 6 nitrogen and oxygen atoms in total. The van der Waals surface area contributed by atoms with E-state index in [0.29, 0.717) is 37.7 Å². The summed E-state index contributed by atoms with van der Waals surface area (Å²) in [5.74, 6) is 0.822. The summed E-state index contributed by atoms with van der Waals surface area (Å²) in [6, 6.07) is 11.2. The molecule has 2 heterocycles. The summed E-state index contributed by atoms with van der Waals surface area (Å²) < 4.78 is 10.9. The predicted molar refractivity (Wildman–Crippen MR) is 102 cm³/mol. The highest BCUT2D eigenvalue weighted by Crippen LogP contribution is 2.25. The van der Waals surface area contributed by atoms with Gasteiger partial charge in [0.25, 0.3) is 11.8 Å². The normalized spacial score (nSPS) is 14.9. The quantitative estimate of drug-likeness (QED) is 0.830. The van der Waals surface area contributed by atoms with Gasteiger partial charge in [-0.1, -0.05) is 32.9 Å². The molecule has 144 valence electrons. The predicted octanol–water partition coefficient (Wildman–Crippen LogP) is 2.94. The van der Waals surface area contributed by atoms with Crippen molar-refractivity contribution in [2.24, 2.45) is 0 Å². The van der Waals surface area contributed by atoms with Crippen LogP contribution in [0.1, 0.15) is 36.9 Å². The van der Waals surface area contributed by atoms with E-state index in [1.165, 1.54) is 6.26 Å². The van der Waals surface area contributed by atoms with Gasteiger partial charge in [-0.2, -0.15) is 0 Å². The Balaban J connectivity index is 1.49. The lowest BCUT2D eigenvalue weighted by Gasteiger charge is -2.34. The van der Waals surface area contributed by atoms with Crippen LogP contribution in [-0.2, 0) is 10.2 Å². The third kappa shape index (κ3) is 4.70. The van der Waals surface area contributed by atoms with E-state index < -0.39 is 0 Å². The smallest absolute Gasteiger partial charge is 0.289 e. The first-order chi connectivity index (χ1) is 12.8. The van der Waals surface area contributed by atoms with Crippen LogP contribution in [0.2, 0.25) is 0 Å². The third-order valence-electron chi connectivity index (χ3n) is 4.71. The number of hydrogen-bond acceptors (Lipinski definition) is 4. The van der Waals surface area contributed by atoms with Crippen LogP contribution >= 0.6 is 0 Å². The number of ether oxygens (including phenoxy) is 1. The van der Waals surface area contributed by atoms with Gasteiger partial charge in [-0.25, -0.2) is 0 Å². The fraction of sp³-hybridized carbons (Fsp3) is 0.429. The standard InChI is InChI=1S/C21H26N2O4/c1-21(2,3)16-6-4-7-17(14-16)27-15-19(24)22-9-11-23(12-10-22)20(25)18-8-5-13-26-18/h4-8,13-14H,9-12,15H2,1-3H3. The van der Waals surface area contributed by atoms with Gasteiger partial charge in [-0.05, 0) is 35.2 Å². The number of benzene rings is 1. The molecule has 2 aromatic rings. The molecule has 2 amide bonds. The molecule has 1 saturated heterocycles. The SMILES string of the molecule is CC(C)(C)c1cccc(OCC(=O)N2CCN(C(=O)c3ccco3)CC2)c1. The van der Waals surface area contributed by atoms with Crippen molar-refractivity contribution in [2.45, 2.75) is 26.2 Å². The molecule has 1 aromatic carbocycles. The van der Waals surface area contributed by atoms with Crippen LogP contribution in [0.5, 0.6) is 5.75 Å². The van der Waals surface area contributed by atoms with Crippen molar-refractivity contribution in [1.82, 2.24) is 9.80 Å². The van der Waals surface area contributed by atoms with Crippen LogP contribution in [0, 0.1) is 0 Å². The summed E-state index contributed by atoms with van der Waals surface area (Å²) >= 11 is 0. The monoisotopic (exact) mass is 370 g/mol. The van der Waals surface area contributed by atoms with Gasteiger partial charge in [0, 0.05) is 26.2 Å². The van der Waals surface area contributed by atoms with Crippen LogP contribution in [-0.4, -0.2) is 54.4 Å². The van der Waals surface area contributed by atoms with Crippen molar-refractivity contribution in [3.63, 3.8) is 0 Å². The summed E-state index contributed by atoms with van der Waals surface area (Å²) in [6.07, 6.45) is 1.49. The minimum atomic E-state index is -0.137. The highest BCUT2D eigenvalue weighted by atomic mass is 16.5.